The highest BCUT2D eigenvalue weighted by Gasteiger charge is 2.42. The average Bonchev–Trinajstić information content (AvgIpc) is 3.92. The van der Waals surface area contributed by atoms with Gasteiger partial charge in [0.25, 0.3) is 0 Å². The van der Waals surface area contributed by atoms with Gasteiger partial charge in [0, 0.05) is 27.1 Å². The van der Waals surface area contributed by atoms with E-state index in [-0.39, 0.29) is 0 Å². The Morgan fingerprint density at radius 1 is 0.349 bits per heavy atom. The summed E-state index contributed by atoms with van der Waals surface area (Å²) in [6.07, 6.45) is 0. The maximum atomic E-state index is 6.61. The summed E-state index contributed by atoms with van der Waals surface area (Å²) in [7, 11) is -2.99. The lowest BCUT2D eigenvalue weighted by Gasteiger charge is -2.35. The van der Waals surface area contributed by atoms with E-state index in [1.54, 1.807) is 0 Å². The van der Waals surface area contributed by atoms with E-state index in [1.165, 1.54) is 31.9 Å². The first-order chi connectivity index (χ1) is 31.2. The fourth-order valence-electron chi connectivity index (χ4n) is 9.61. The Morgan fingerprint density at radius 2 is 0.825 bits per heavy atom. The maximum Gasteiger partial charge on any atom is 0.238 e. The van der Waals surface area contributed by atoms with Gasteiger partial charge < -0.3 is 4.42 Å². The summed E-state index contributed by atoms with van der Waals surface area (Å²) in [6, 6.07) is 82.2. The normalized spacial score (nSPS) is 11.8. The minimum Gasteiger partial charge on any atom is -0.455 e. The number of aromatic nitrogens is 4. The number of hydrogen-bond donors (Lipinski definition) is 0. The molecule has 0 spiro atoms. The molecule has 0 aliphatic rings. The molecule has 0 fully saturated rings. The van der Waals surface area contributed by atoms with E-state index in [0.717, 1.165) is 54.9 Å². The lowest BCUT2D eigenvalue weighted by molar-refractivity contribution is 0.669. The van der Waals surface area contributed by atoms with E-state index in [2.05, 4.69) is 217 Å². The van der Waals surface area contributed by atoms with E-state index in [1.807, 2.05) is 18.2 Å². The summed E-state index contributed by atoms with van der Waals surface area (Å²) in [5, 5.41) is 9.44. The number of para-hydroxylation sites is 4. The van der Waals surface area contributed by atoms with E-state index in [9.17, 15) is 0 Å². The Labute approximate surface area is 365 Å². The van der Waals surface area contributed by atoms with Gasteiger partial charge in [-0.15, -0.1) is 0 Å². The van der Waals surface area contributed by atoms with Crippen LogP contribution in [0.25, 0.3) is 83.6 Å². The molecule has 0 unspecified atom stereocenters. The zero-order valence-corrected chi connectivity index (χ0v) is 35.1. The fourth-order valence-corrected chi connectivity index (χ4v) is 14.4. The molecule has 12 rings (SSSR count). The van der Waals surface area contributed by atoms with Crippen molar-refractivity contribution in [2.45, 2.75) is 0 Å². The third-order valence-corrected chi connectivity index (χ3v) is 17.2. The molecular weight excluding hydrogens is 785 g/mol. The molecule has 0 bridgehead atoms. The quantitative estimate of drug-likeness (QED) is 0.113. The van der Waals surface area contributed by atoms with Crippen LogP contribution < -0.4 is 20.7 Å². The molecular formula is C57H38N4OSi. The molecule has 0 N–H and O–H groups in total. The maximum absolute atomic E-state index is 6.61. The number of benzene rings is 9. The molecule has 0 saturated heterocycles. The zero-order valence-electron chi connectivity index (χ0n) is 34.1. The van der Waals surface area contributed by atoms with Crippen molar-refractivity contribution in [2.24, 2.45) is 0 Å². The van der Waals surface area contributed by atoms with Gasteiger partial charge in [-0.3, -0.25) is 4.57 Å². The third-order valence-electron chi connectivity index (χ3n) is 12.4. The van der Waals surface area contributed by atoms with Crippen LogP contribution in [0.3, 0.4) is 0 Å². The van der Waals surface area contributed by atoms with E-state index < -0.39 is 8.07 Å². The molecule has 3 heterocycles. The summed E-state index contributed by atoms with van der Waals surface area (Å²) in [4.78, 5) is 16.1. The second kappa shape index (κ2) is 15.1. The zero-order chi connectivity index (χ0) is 41.7. The van der Waals surface area contributed by atoms with Crippen LogP contribution in [0.15, 0.2) is 235 Å². The highest BCUT2D eigenvalue weighted by atomic mass is 28.3. The smallest absolute Gasteiger partial charge is 0.238 e. The van der Waals surface area contributed by atoms with Gasteiger partial charge in [-0.05, 0) is 56.1 Å². The van der Waals surface area contributed by atoms with Crippen LogP contribution in [-0.4, -0.2) is 27.6 Å². The first kappa shape index (κ1) is 36.6. The largest absolute Gasteiger partial charge is 0.455 e. The standard InChI is InChI=1S/C57H38N4OSi/c1-4-19-39(20-5-1)40-21-16-27-44(37-40)63(42-23-6-2-7-24-42,43-25-8-3-9-26-43)45-28-17-22-41(38-45)55-58-56(50-33-18-32-49-48-31-12-15-36-53(48)62-54(49)50)60-57(59-55)61-51-34-13-10-29-46(51)47-30-11-14-35-52(47)61/h1-38H. The molecule has 12 aromatic rings. The van der Waals surface area contributed by atoms with Crippen LogP contribution in [0.2, 0.25) is 0 Å². The van der Waals surface area contributed by atoms with Crippen LogP contribution in [0.5, 0.6) is 0 Å². The predicted octanol–water partition coefficient (Wildman–Crippen LogP) is 11.2. The Hall–Kier alpha value is -8.19. The predicted molar refractivity (Wildman–Crippen MR) is 261 cm³/mol. The van der Waals surface area contributed by atoms with Crippen LogP contribution in [0.1, 0.15) is 0 Å². The second-order valence-corrected chi connectivity index (χ2v) is 19.8. The molecule has 3 aromatic heterocycles. The van der Waals surface area contributed by atoms with Crippen molar-refractivity contribution in [3.05, 3.63) is 231 Å². The van der Waals surface area contributed by atoms with Gasteiger partial charge in [0.05, 0.1) is 16.6 Å². The Bertz CT molecular complexity index is 3540. The topological polar surface area (TPSA) is 56.7 Å². The number of furan rings is 1. The van der Waals surface area contributed by atoms with Gasteiger partial charge in [-0.2, -0.15) is 9.97 Å². The molecule has 0 aliphatic heterocycles. The van der Waals surface area contributed by atoms with Crippen molar-refractivity contribution >= 4 is 72.6 Å². The summed E-state index contributed by atoms with van der Waals surface area (Å²) < 4.78 is 8.78. The number of fused-ring (bicyclic) bond motifs is 6. The van der Waals surface area contributed by atoms with Crippen molar-refractivity contribution < 1.29 is 4.42 Å². The van der Waals surface area contributed by atoms with Gasteiger partial charge in [-0.25, -0.2) is 4.98 Å². The summed E-state index contributed by atoms with van der Waals surface area (Å²) in [5.74, 6) is 1.65. The summed E-state index contributed by atoms with van der Waals surface area (Å²) >= 11 is 0. The minimum atomic E-state index is -2.99. The number of nitrogens with zero attached hydrogens (tertiary/aromatic N) is 4. The van der Waals surface area contributed by atoms with Crippen molar-refractivity contribution in [3.8, 4) is 39.9 Å². The number of hydrogen-bond acceptors (Lipinski definition) is 4. The lowest BCUT2D eigenvalue weighted by Crippen LogP contribution is -2.74. The van der Waals surface area contributed by atoms with E-state index in [4.69, 9.17) is 19.4 Å². The van der Waals surface area contributed by atoms with Crippen LogP contribution in [0.4, 0.5) is 0 Å². The Morgan fingerprint density at radius 3 is 1.49 bits per heavy atom. The SMILES string of the molecule is c1ccc(-c2cccc([Si](c3ccccc3)(c3ccccc3)c3cccc(-c4nc(-c5cccc6c5oc5ccccc56)nc(-n5c6ccccc6c6ccccc65)n4)c3)c2)cc1. The molecule has 0 amide bonds. The fraction of sp³-hybridized carbons (Fsp3) is 0. The van der Waals surface area contributed by atoms with E-state index >= 15 is 0 Å². The summed E-state index contributed by atoms with van der Waals surface area (Å²) in [5.41, 5.74) is 7.70. The summed E-state index contributed by atoms with van der Waals surface area (Å²) in [6.45, 7) is 0. The van der Waals surface area contributed by atoms with Gasteiger partial charge in [0.15, 0.2) is 19.7 Å². The first-order valence-electron chi connectivity index (χ1n) is 21.3. The molecule has 0 atom stereocenters. The minimum absolute atomic E-state index is 0.538. The molecule has 296 valence electrons. The van der Waals surface area contributed by atoms with Gasteiger partial charge in [0.2, 0.25) is 5.95 Å². The second-order valence-electron chi connectivity index (χ2n) is 15.9. The monoisotopic (exact) mass is 822 g/mol. The average molecular weight is 823 g/mol. The molecule has 9 aromatic carbocycles. The van der Waals surface area contributed by atoms with Crippen molar-refractivity contribution in [1.29, 1.82) is 0 Å². The third kappa shape index (κ3) is 6.03. The van der Waals surface area contributed by atoms with Crippen molar-refractivity contribution in [2.75, 3.05) is 0 Å². The van der Waals surface area contributed by atoms with Crippen LogP contribution in [0, 0.1) is 0 Å². The van der Waals surface area contributed by atoms with Gasteiger partial charge in [-0.1, -0.05) is 206 Å². The van der Waals surface area contributed by atoms with Crippen molar-refractivity contribution in [1.82, 2.24) is 19.5 Å². The molecule has 0 saturated carbocycles. The molecule has 0 radical (unpaired) electrons. The number of rotatable bonds is 8. The van der Waals surface area contributed by atoms with Gasteiger partial charge in [0.1, 0.15) is 11.2 Å². The van der Waals surface area contributed by atoms with Crippen molar-refractivity contribution in [3.63, 3.8) is 0 Å². The first-order valence-corrected chi connectivity index (χ1v) is 23.3. The Kier molecular flexibility index (Phi) is 8.76. The molecule has 5 nitrogen and oxygen atoms in total. The highest BCUT2D eigenvalue weighted by molar-refractivity contribution is 7.20. The Balaban J connectivity index is 1.14. The molecule has 0 aliphatic carbocycles. The molecule has 6 heteroatoms. The highest BCUT2D eigenvalue weighted by Crippen LogP contribution is 2.37. The molecule has 63 heavy (non-hydrogen) atoms. The lowest BCUT2D eigenvalue weighted by atomic mass is 10.1. The van der Waals surface area contributed by atoms with Crippen LogP contribution >= 0.6 is 0 Å². The van der Waals surface area contributed by atoms with E-state index in [0.29, 0.717) is 17.6 Å². The van der Waals surface area contributed by atoms with Gasteiger partial charge >= 0.3 is 0 Å². The van der Waals surface area contributed by atoms with Crippen LogP contribution in [-0.2, 0) is 0 Å².